The molecule has 0 bridgehead atoms. The second-order valence-electron chi connectivity index (χ2n) is 9.51. The van der Waals surface area contributed by atoms with Gasteiger partial charge in [0.2, 0.25) is 0 Å². The molecular formula is C26H29BrN4O3. The number of nitrogens with one attached hydrogen (secondary N) is 1. The van der Waals surface area contributed by atoms with Crippen LogP contribution in [0, 0.1) is 6.92 Å². The molecule has 2 aromatic carbocycles. The lowest BCUT2D eigenvalue weighted by molar-refractivity contribution is 0.0224. The fourth-order valence-electron chi connectivity index (χ4n) is 3.88. The standard InChI is InChI=1S/C26H29BrN4O3/c1-17-13-23(29-31(17)16-21-7-5-6-8-22(21)27)28-24(32)19-9-10-20-15-30(12-11-18(20)14-19)25(33)34-26(2,3)4/h5-10,13-14H,11-12,15-16H2,1-4H3,(H,28,29,32). The highest BCUT2D eigenvalue weighted by atomic mass is 79.9. The first-order valence-electron chi connectivity index (χ1n) is 11.3. The number of benzene rings is 2. The van der Waals surface area contributed by atoms with Crippen molar-refractivity contribution in [3.63, 3.8) is 0 Å². The van der Waals surface area contributed by atoms with Crippen molar-refractivity contribution in [1.82, 2.24) is 14.7 Å². The van der Waals surface area contributed by atoms with Gasteiger partial charge in [0.25, 0.3) is 5.91 Å². The molecule has 0 saturated carbocycles. The van der Waals surface area contributed by atoms with Crippen molar-refractivity contribution in [2.45, 2.75) is 52.8 Å². The average Bonchev–Trinajstić information content (AvgIpc) is 3.11. The second-order valence-corrected chi connectivity index (χ2v) is 10.4. The van der Waals surface area contributed by atoms with Crippen LogP contribution in [-0.4, -0.2) is 38.8 Å². The lowest BCUT2D eigenvalue weighted by atomic mass is 9.97. The van der Waals surface area contributed by atoms with Crippen LogP contribution in [0.3, 0.4) is 0 Å². The number of fused-ring (bicyclic) bond motifs is 1. The number of carbonyl (C=O) groups excluding carboxylic acids is 2. The van der Waals surface area contributed by atoms with E-state index in [2.05, 4.69) is 26.3 Å². The van der Waals surface area contributed by atoms with Gasteiger partial charge in [-0.25, -0.2) is 4.79 Å². The Balaban J connectivity index is 1.42. The molecule has 0 atom stereocenters. The van der Waals surface area contributed by atoms with Crippen LogP contribution in [-0.2, 0) is 24.2 Å². The first kappa shape index (κ1) is 24.0. The van der Waals surface area contributed by atoms with Crippen LogP contribution in [0.4, 0.5) is 10.6 Å². The van der Waals surface area contributed by atoms with Crippen molar-refractivity contribution in [2.75, 3.05) is 11.9 Å². The van der Waals surface area contributed by atoms with Gasteiger partial charge in [0, 0.05) is 34.9 Å². The van der Waals surface area contributed by atoms with E-state index in [1.807, 2.05) is 74.8 Å². The summed E-state index contributed by atoms with van der Waals surface area (Å²) in [5.41, 5.74) is 4.22. The van der Waals surface area contributed by atoms with Crippen LogP contribution in [0.2, 0.25) is 0 Å². The van der Waals surface area contributed by atoms with E-state index in [1.54, 1.807) is 11.0 Å². The molecule has 3 aromatic rings. The van der Waals surface area contributed by atoms with Crippen molar-refractivity contribution in [2.24, 2.45) is 0 Å². The summed E-state index contributed by atoms with van der Waals surface area (Å²) in [5, 5.41) is 7.48. The van der Waals surface area contributed by atoms with Gasteiger partial charge >= 0.3 is 6.09 Å². The predicted molar refractivity (Wildman–Crippen MR) is 135 cm³/mol. The van der Waals surface area contributed by atoms with Crippen molar-refractivity contribution in [1.29, 1.82) is 0 Å². The normalized spacial score (nSPS) is 13.4. The molecular weight excluding hydrogens is 496 g/mol. The Kier molecular flexibility index (Phi) is 6.79. The highest BCUT2D eigenvalue weighted by Gasteiger charge is 2.26. The Morgan fingerprint density at radius 1 is 1.12 bits per heavy atom. The number of rotatable bonds is 4. The fourth-order valence-corrected chi connectivity index (χ4v) is 4.29. The molecule has 0 fully saturated rings. The van der Waals surface area contributed by atoms with E-state index in [9.17, 15) is 9.59 Å². The number of nitrogens with zero attached hydrogens (tertiary/aromatic N) is 3. The average molecular weight is 525 g/mol. The van der Waals surface area contributed by atoms with Gasteiger partial charge in [-0.1, -0.05) is 40.2 Å². The summed E-state index contributed by atoms with van der Waals surface area (Å²) >= 11 is 3.57. The van der Waals surface area contributed by atoms with Crippen molar-refractivity contribution < 1.29 is 14.3 Å². The van der Waals surface area contributed by atoms with E-state index in [1.165, 1.54) is 0 Å². The van der Waals surface area contributed by atoms with E-state index >= 15 is 0 Å². The van der Waals surface area contributed by atoms with Gasteiger partial charge in [0.1, 0.15) is 5.60 Å². The number of aryl methyl sites for hydroxylation is 1. The maximum Gasteiger partial charge on any atom is 0.410 e. The fraction of sp³-hybridized carbons (Fsp3) is 0.346. The molecule has 0 aliphatic carbocycles. The van der Waals surface area contributed by atoms with Crippen molar-refractivity contribution >= 4 is 33.7 Å². The summed E-state index contributed by atoms with van der Waals surface area (Å²) < 4.78 is 8.38. The third-order valence-electron chi connectivity index (χ3n) is 5.63. The number of halogens is 1. The summed E-state index contributed by atoms with van der Waals surface area (Å²) in [5.74, 6) is 0.311. The van der Waals surface area contributed by atoms with Crippen LogP contribution in [0.5, 0.6) is 0 Å². The Morgan fingerprint density at radius 2 is 1.88 bits per heavy atom. The van der Waals surface area contributed by atoms with Crippen molar-refractivity contribution in [3.05, 3.63) is 81.0 Å². The molecule has 2 amide bonds. The molecule has 8 heteroatoms. The van der Waals surface area contributed by atoms with Crippen LogP contribution in [0.1, 0.15) is 53.5 Å². The topological polar surface area (TPSA) is 76.5 Å². The van der Waals surface area contributed by atoms with Gasteiger partial charge in [-0.2, -0.15) is 5.10 Å². The SMILES string of the molecule is Cc1cc(NC(=O)c2ccc3c(c2)CCN(C(=O)OC(C)(C)C)C3)nn1Cc1ccccc1Br. The Morgan fingerprint density at radius 3 is 2.62 bits per heavy atom. The maximum absolute atomic E-state index is 12.9. The van der Waals surface area contributed by atoms with Gasteiger partial charge in [-0.3, -0.25) is 9.48 Å². The molecule has 178 valence electrons. The Labute approximate surface area is 208 Å². The second kappa shape index (κ2) is 9.62. The molecule has 1 N–H and O–H groups in total. The summed E-state index contributed by atoms with van der Waals surface area (Å²) in [7, 11) is 0. The molecule has 0 unspecified atom stereocenters. The lowest BCUT2D eigenvalue weighted by Gasteiger charge is -2.31. The van der Waals surface area contributed by atoms with Crippen LogP contribution in [0.25, 0.3) is 0 Å². The summed E-state index contributed by atoms with van der Waals surface area (Å²) in [4.78, 5) is 27.0. The minimum atomic E-state index is -0.526. The minimum absolute atomic E-state index is 0.206. The van der Waals surface area contributed by atoms with Gasteiger partial charge in [0.15, 0.2) is 5.82 Å². The Bertz CT molecular complexity index is 1230. The quantitative estimate of drug-likeness (QED) is 0.485. The number of ether oxygens (including phenoxy) is 1. The third kappa shape index (κ3) is 5.67. The molecule has 0 saturated heterocycles. The predicted octanol–water partition coefficient (Wildman–Crippen LogP) is 5.55. The van der Waals surface area contributed by atoms with Crippen LogP contribution < -0.4 is 5.32 Å². The zero-order valence-corrected chi connectivity index (χ0v) is 21.5. The van der Waals surface area contributed by atoms with Gasteiger partial charge in [0.05, 0.1) is 6.54 Å². The van der Waals surface area contributed by atoms with E-state index in [-0.39, 0.29) is 12.0 Å². The van der Waals surface area contributed by atoms with E-state index in [0.29, 0.717) is 37.4 Å². The Hall–Kier alpha value is -3.13. The summed E-state index contributed by atoms with van der Waals surface area (Å²) in [6.45, 7) is 9.19. The number of hydrogen-bond donors (Lipinski definition) is 1. The summed E-state index contributed by atoms with van der Waals surface area (Å²) in [6.07, 6.45) is 0.364. The monoisotopic (exact) mass is 524 g/mol. The first-order chi connectivity index (χ1) is 16.1. The molecule has 0 radical (unpaired) electrons. The highest BCUT2D eigenvalue weighted by molar-refractivity contribution is 9.10. The number of amides is 2. The molecule has 1 aromatic heterocycles. The van der Waals surface area contributed by atoms with Crippen LogP contribution in [0.15, 0.2) is 53.0 Å². The molecule has 34 heavy (non-hydrogen) atoms. The maximum atomic E-state index is 12.9. The van der Waals surface area contributed by atoms with E-state index < -0.39 is 5.60 Å². The molecule has 7 nitrogen and oxygen atoms in total. The molecule has 4 rings (SSSR count). The zero-order chi connectivity index (χ0) is 24.5. The van der Waals surface area contributed by atoms with Crippen LogP contribution >= 0.6 is 15.9 Å². The van der Waals surface area contributed by atoms with E-state index in [0.717, 1.165) is 26.9 Å². The number of carbonyl (C=O) groups is 2. The molecule has 1 aliphatic heterocycles. The zero-order valence-electron chi connectivity index (χ0n) is 19.9. The van der Waals surface area contributed by atoms with E-state index in [4.69, 9.17) is 4.74 Å². The minimum Gasteiger partial charge on any atom is -0.444 e. The molecule has 1 aliphatic rings. The van der Waals surface area contributed by atoms with Gasteiger partial charge < -0.3 is 15.0 Å². The molecule has 0 spiro atoms. The molecule has 2 heterocycles. The lowest BCUT2D eigenvalue weighted by Crippen LogP contribution is -2.39. The number of anilines is 1. The first-order valence-corrected chi connectivity index (χ1v) is 12.1. The van der Waals surface area contributed by atoms with Crippen molar-refractivity contribution in [3.8, 4) is 0 Å². The third-order valence-corrected chi connectivity index (χ3v) is 6.41. The number of aromatic nitrogens is 2. The smallest absolute Gasteiger partial charge is 0.410 e. The summed E-state index contributed by atoms with van der Waals surface area (Å²) in [6, 6.07) is 15.5. The highest BCUT2D eigenvalue weighted by Crippen LogP contribution is 2.23. The largest absolute Gasteiger partial charge is 0.444 e. The van der Waals surface area contributed by atoms with Gasteiger partial charge in [-0.15, -0.1) is 0 Å². The van der Waals surface area contributed by atoms with Gasteiger partial charge in [-0.05, 0) is 69.0 Å². The number of hydrogen-bond acceptors (Lipinski definition) is 4.